The van der Waals surface area contributed by atoms with E-state index in [9.17, 15) is 24.9 Å². The zero-order valence-corrected chi connectivity index (χ0v) is 19.6. The fraction of sp³-hybridized carbons (Fsp3) is 0.214. The predicted octanol–water partition coefficient (Wildman–Crippen LogP) is 5.05. The minimum Gasteiger partial charge on any atom is -0.507 e. The van der Waals surface area contributed by atoms with Crippen molar-refractivity contribution >= 4 is 16.9 Å². The van der Waals surface area contributed by atoms with E-state index in [-0.39, 0.29) is 52.1 Å². The van der Waals surface area contributed by atoms with E-state index < -0.39 is 17.3 Å². The largest absolute Gasteiger partial charge is 0.507 e. The molecule has 0 aliphatic carbocycles. The fourth-order valence-electron chi connectivity index (χ4n) is 4.40. The number of aromatic hydroxyl groups is 3. The first-order valence-corrected chi connectivity index (χ1v) is 11.5. The van der Waals surface area contributed by atoms with Crippen LogP contribution in [0.2, 0.25) is 0 Å². The number of para-hydroxylation sites is 1. The van der Waals surface area contributed by atoms with Crippen LogP contribution in [0.15, 0.2) is 63.8 Å². The Morgan fingerprint density at radius 1 is 0.972 bits per heavy atom. The van der Waals surface area contributed by atoms with Crippen molar-refractivity contribution in [1.29, 1.82) is 0 Å². The Hall–Kier alpha value is -4.46. The number of hydrogen-bond donors (Lipinski definition) is 3. The van der Waals surface area contributed by atoms with Gasteiger partial charge in [-0.15, -0.1) is 0 Å². The zero-order chi connectivity index (χ0) is 25.6. The van der Waals surface area contributed by atoms with Gasteiger partial charge in [0.15, 0.2) is 16.9 Å². The molecule has 184 valence electrons. The number of phenols is 3. The van der Waals surface area contributed by atoms with Crippen molar-refractivity contribution in [3.05, 3.63) is 75.9 Å². The van der Waals surface area contributed by atoms with Gasteiger partial charge in [0, 0.05) is 34.7 Å². The van der Waals surface area contributed by atoms with Crippen LogP contribution in [0.1, 0.15) is 37.3 Å². The van der Waals surface area contributed by atoms with Gasteiger partial charge in [-0.25, -0.2) is 0 Å². The summed E-state index contributed by atoms with van der Waals surface area (Å²) in [6.07, 6.45) is -0.0249. The topological polar surface area (TPSA) is 126 Å². The minimum absolute atomic E-state index is 0.0249. The second-order valence-electron chi connectivity index (χ2n) is 9.16. The van der Waals surface area contributed by atoms with Crippen molar-refractivity contribution in [2.24, 2.45) is 5.92 Å². The van der Waals surface area contributed by atoms with Gasteiger partial charge in [-0.2, -0.15) is 0 Å². The summed E-state index contributed by atoms with van der Waals surface area (Å²) < 4.78 is 17.6. The van der Waals surface area contributed by atoms with E-state index in [0.717, 1.165) is 5.56 Å². The molecule has 1 aliphatic heterocycles. The molecule has 3 aromatic carbocycles. The number of phenolic OH excluding ortho intramolecular Hbond substituents is 3. The highest BCUT2D eigenvalue weighted by atomic mass is 16.5. The van der Waals surface area contributed by atoms with Crippen LogP contribution in [0.5, 0.6) is 28.7 Å². The van der Waals surface area contributed by atoms with Gasteiger partial charge in [0.2, 0.25) is 0 Å². The number of carbonyl (C=O) groups excluding carboxylic acids is 1. The highest BCUT2D eigenvalue weighted by Crippen LogP contribution is 2.48. The zero-order valence-electron chi connectivity index (χ0n) is 19.6. The van der Waals surface area contributed by atoms with Gasteiger partial charge in [-0.1, -0.05) is 32.0 Å². The molecule has 0 unspecified atom stereocenters. The number of ether oxygens (including phenoxy) is 2. The standard InChI is InChI=1S/C28H24O8/c1-14(2)13-34-22-6-4-3-5-16(22)17-10-25(33)35-24-12-21(32)27-20(31)11-23(36-28(27)26(17)24)15-7-8-18(29)19(30)9-15/h3-9,11-12,14,17,29-30,32H,10,13H2,1-2H3/t17-/m0/s1. The summed E-state index contributed by atoms with van der Waals surface area (Å²) in [4.78, 5) is 25.7. The Balaban J connectivity index is 1.76. The van der Waals surface area contributed by atoms with Crippen LogP contribution in [0.3, 0.4) is 0 Å². The summed E-state index contributed by atoms with van der Waals surface area (Å²) in [7, 11) is 0. The Morgan fingerprint density at radius 2 is 1.75 bits per heavy atom. The molecule has 8 nitrogen and oxygen atoms in total. The van der Waals surface area contributed by atoms with Crippen molar-refractivity contribution in [3.8, 4) is 40.1 Å². The lowest BCUT2D eigenvalue weighted by molar-refractivity contribution is -0.135. The average molecular weight is 488 g/mol. The van der Waals surface area contributed by atoms with Crippen molar-refractivity contribution in [2.75, 3.05) is 6.61 Å². The molecule has 0 spiro atoms. The van der Waals surface area contributed by atoms with Crippen LogP contribution < -0.4 is 14.9 Å². The van der Waals surface area contributed by atoms with Gasteiger partial charge in [0.05, 0.1) is 13.0 Å². The predicted molar refractivity (Wildman–Crippen MR) is 132 cm³/mol. The Bertz CT molecular complexity index is 1550. The molecule has 0 amide bonds. The molecule has 4 aromatic rings. The number of rotatable bonds is 5. The third kappa shape index (κ3) is 4.11. The van der Waals surface area contributed by atoms with Gasteiger partial charge in [-0.05, 0) is 30.2 Å². The summed E-state index contributed by atoms with van der Waals surface area (Å²) in [5.74, 6) is -1.06. The van der Waals surface area contributed by atoms with E-state index >= 15 is 0 Å². The third-order valence-electron chi connectivity index (χ3n) is 6.05. The number of esters is 1. The molecule has 3 N–H and O–H groups in total. The number of fused-ring (bicyclic) bond motifs is 3. The maximum absolute atomic E-state index is 13.1. The van der Waals surface area contributed by atoms with Crippen molar-refractivity contribution in [3.63, 3.8) is 0 Å². The van der Waals surface area contributed by atoms with E-state index in [4.69, 9.17) is 13.9 Å². The first kappa shape index (κ1) is 23.3. The number of hydrogen-bond acceptors (Lipinski definition) is 8. The maximum atomic E-state index is 13.1. The molecule has 5 rings (SSSR count). The molecule has 0 fully saturated rings. The second kappa shape index (κ2) is 8.96. The van der Waals surface area contributed by atoms with Gasteiger partial charge in [-0.3, -0.25) is 9.59 Å². The molecule has 0 radical (unpaired) electrons. The van der Waals surface area contributed by atoms with Crippen LogP contribution >= 0.6 is 0 Å². The van der Waals surface area contributed by atoms with Crippen molar-refractivity contribution in [2.45, 2.75) is 26.2 Å². The monoisotopic (exact) mass is 488 g/mol. The van der Waals surface area contributed by atoms with E-state index in [0.29, 0.717) is 23.5 Å². The SMILES string of the molecule is CC(C)COc1ccccc1[C@@H]1CC(=O)Oc2cc(O)c3c(=O)cc(-c4ccc(O)c(O)c4)oc3c21. The Labute approximate surface area is 206 Å². The summed E-state index contributed by atoms with van der Waals surface area (Å²) in [6.45, 7) is 4.54. The number of benzene rings is 3. The van der Waals surface area contributed by atoms with Crippen molar-refractivity contribution < 1.29 is 34.0 Å². The first-order chi connectivity index (χ1) is 17.2. The molecule has 0 saturated heterocycles. The summed E-state index contributed by atoms with van der Waals surface area (Å²) in [6, 6.07) is 13.8. The summed E-state index contributed by atoms with van der Waals surface area (Å²) >= 11 is 0. The average Bonchev–Trinajstić information content (AvgIpc) is 2.83. The highest BCUT2D eigenvalue weighted by Gasteiger charge is 2.35. The second-order valence-corrected chi connectivity index (χ2v) is 9.16. The lowest BCUT2D eigenvalue weighted by Gasteiger charge is -2.27. The van der Waals surface area contributed by atoms with Crippen LogP contribution in [0.4, 0.5) is 0 Å². The third-order valence-corrected chi connectivity index (χ3v) is 6.05. The minimum atomic E-state index is -0.570. The van der Waals surface area contributed by atoms with Gasteiger partial charge in [0.25, 0.3) is 0 Å². The maximum Gasteiger partial charge on any atom is 0.312 e. The van der Waals surface area contributed by atoms with Crippen molar-refractivity contribution in [1.82, 2.24) is 0 Å². The molecule has 36 heavy (non-hydrogen) atoms. The van der Waals surface area contributed by atoms with Crippen LogP contribution in [-0.2, 0) is 4.79 Å². The van der Waals surface area contributed by atoms with Gasteiger partial charge in [0.1, 0.15) is 34.0 Å². The van der Waals surface area contributed by atoms with Crippen LogP contribution in [-0.4, -0.2) is 27.9 Å². The van der Waals surface area contributed by atoms with E-state index in [2.05, 4.69) is 0 Å². The molecule has 2 heterocycles. The number of carbonyl (C=O) groups is 1. The molecule has 1 atom stereocenters. The van der Waals surface area contributed by atoms with Crippen LogP contribution in [0.25, 0.3) is 22.3 Å². The molecule has 1 aromatic heterocycles. The van der Waals surface area contributed by atoms with E-state index in [1.165, 1.54) is 30.3 Å². The normalized spacial score (nSPS) is 15.1. The van der Waals surface area contributed by atoms with E-state index in [1.54, 1.807) is 0 Å². The molecule has 1 aliphatic rings. The van der Waals surface area contributed by atoms with E-state index in [1.807, 2.05) is 38.1 Å². The lowest BCUT2D eigenvalue weighted by Crippen LogP contribution is -2.22. The summed E-state index contributed by atoms with van der Waals surface area (Å²) in [5, 5.41) is 30.2. The first-order valence-electron chi connectivity index (χ1n) is 11.5. The molecule has 0 saturated carbocycles. The quantitative estimate of drug-likeness (QED) is 0.202. The molecule has 8 heteroatoms. The molecular weight excluding hydrogens is 464 g/mol. The summed E-state index contributed by atoms with van der Waals surface area (Å²) in [5.41, 5.74) is 1.05. The van der Waals surface area contributed by atoms with Crippen LogP contribution in [0, 0.1) is 5.92 Å². The Kier molecular flexibility index (Phi) is 5.80. The smallest absolute Gasteiger partial charge is 0.312 e. The van der Waals surface area contributed by atoms with Gasteiger partial charge >= 0.3 is 5.97 Å². The highest BCUT2D eigenvalue weighted by molar-refractivity contribution is 5.93. The fourth-order valence-corrected chi connectivity index (χ4v) is 4.40. The molecule has 0 bridgehead atoms. The molecular formula is C28H24O8. The Morgan fingerprint density at radius 3 is 2.50 bits per heavy atom. The van der Waals surface area contributed by atoms with Gasteiger partial charge < -0.3 is 29.2 Å². The lowest BCUT2D eigenvalue weighted by atomic mass is 9.84.